The number of fused-ring (bicyclic) bond motifs is 1. The van der Waals surface area contributed by atoms with Crippen LogP contribution >= 0.6 is 11.6 Å². The van der Waals surface area contributed by atoms with Gasteiger partial charge < -0.3 is 0 Å². The zero-order valence-corrected chi connectivity index (χ0v) is 8.14. The highest BCUT2D eigenvalue weighted by Gasteiger charge is 2.35. The van der Waals surface area contributed by atoms with Gasteiger partial charge in [-0.2, -0.15) is 13.2 Å². The SMILES string of the molecule is Fc1cncc2c(Cl)nc(C(F)(F)F)nc12. The molecule has 0 amide bonds. The van der Waals surface area contributed by atoms with E-state index >= 15 is 0 Å². The van der Waals surface area contributed by atoms with E-state index in [9.17, 15) is 17.6 Å². The Labute approximate surface area is 91.1 Å². The number of hydrogen-bond acceptors (Lipinski definition) is 3. The molecule has 2 aromatic heterocycles. The molecule has 84 valence electrons. The van der Waals surface area contributed by atoms with E-state index in [0.29, 0.717) is 0 Å². The van der Waals surface area contributed by atoms with Crippen LogP contribution in [0.4, 0.5) is 17.6 Å². The van der Waals surface area contributed by atoms with E-state index in [4.69, 9.17) is 11.6 Å². The number of alkyl halides is 3. The van der Waals surface area contributed by atoms with Gasteiger partial charge >= 0.3 is 6.18 Å². The third-order valence-corrected chi connectivity index (χ3v) is 2.06. The average molecular weight is 252 g/mol. The van der Waals surface area contributed by atoms with E-state index in [1.54, 1.807) is 0 Å². The van der Waals surface area contributed by atoms with Crippen molar-refractivity contribution < 1.29 is 17.6 Å². The lowest BCUT2D eigenvalue weighted by molar-refractivity contribution is -0.144. The summed E-state index contributed by atoms with van der Waals surface area (Å²) in [6.07, 6.45) is -2.92. The fraction of sp³-hybridized carbons (Fsp3) is 0.125. The molecular weight excluding hydrogens is 250 g/mol. The molecule has 0 atom stereocenters. The third-order valence-electron chi connectivity index (χ3n) is 1.77. The first-order valence-corrected chi connectivity index (χ1v) is 4.31. The van der Waals surface area contributed by atoms with Crippen molar-refractivity contribution in [1.82, 2.24) is 15.0 Å². The molecule has 0 radical (unpaired) electrons. The Bertz CT molecular complexity index is 555. The second-order valence-electron chi connectivity index (χ2n) is 2.85. The first kappa shape index (κ1) is 11.0. The Hall–Kier alpha value is -1.50. The van der Waals surface area contributed by atoms with Crippen molar-refractivity contribution in [3.63, 3.8) is 0 Å². The number of rotatable bonds is 0. The molecule has 2 heterocycles. The molecule has 0 aliphatic carbocycles. The summed E-state index contributed by atoms with van der Waals surface area (Å²) >= 11 is 5.48. The third kappa shape index (κ3) is 1.78. The highest BCUT2D eigenvalue weighted by atomic mass is 35.5. The van der Waals surface area contributed by atoms with Gasteiger partial charge in [0.15, 0.2) is 5.82 Å². The highest BCUT2D eigenvalue weighted by molar-refractivity contribution is 6.34. The number of nitrogens with zero attached hydrogens (tertiary/aromatic N) is 3. The van der Waals surface area contributed by atoms with Crippen molar-refractivity contribution in [3.05, 3.63) is 29.2 Å². The summed E-state index contributed by atoms with van der Waals surface area (Å²) in [5.74, 6) is -2.46. The quantitative estimate of drug-likeness (QED) is 0.534. The van der Waals surface area contributed by atoms with Crippen LogP contribution in [0.15, 0.2) is 12.4 Å². The van der Waals surface area contributed by atoms with Crippen LogP contribution in [-0.2, 0) is 6.18 Å². The van der Waals surface area contributed by atoms with E-state index < -0.39 is 28.5 Å². The maximum Gasteiger partial charge on any atom is 0.451 e. The van der Waals surface area contributed by atoms with E-state index in [1.165, 1.54) is 0 Å². The standard InChI is InChI=1S/C8H2ClF4N3/c9-6-3-1-14-2-4(10)5(3)15-7(16-6)8(11,12)13/h1-2H. The number of halogens is 5. The van der Waals surface area contributed by atoms with E-state index in [-0.39, 0.29) is 5.39 Å². The lowest BCUT2D eigenvalue weighted by atomic mass is 10.3. The molecule has 16 heavy (non-hydrogen) atoms. The lowest BCUT2D eigenvalue weighted by Gasteiger charge is -2.06. The molecule has 0 saturated heterocycles. The Morgan fingerprint density at radius 3 is 2.44 bits per heavy atom. The molecule has 2 rings (SSSR count). The normalized spacial score (nSPS) is 12.1. The topological polar surface area (TPSA) is 38.7 Å². The molecule has 0 aliphatic heterocycles. The summed E-state index contributed by atoms with van der Waals surface area (Å²) in [4.78, 5) is 9.55. The van der Waals surface area contributed by atoms with Crippen LogP contribution in [0, 0.1) is 5.82 Å². The summed E-state index contributed by atoms with van der Waals surface area (Å²) in [5, 5.41) is -0.543. The molecule has 3 nitrogen and oxygen atoms in total. The zero-order valence-electron chi connectivity index (χ0n) is 7.39. The first-order valence-electron chi connectivity index (χ1n) is 3.93. The summed E-state index contributed by atoms with van der Waals surface area (Å²) in [6, 6.07) is 0. The van der Waals surface area contributed by atoms with Crippen LogP contribution in [0.3, 0.4) is 0 Å². The molecular formula is C8H2ClF4N3. The van der Waals surface area contributed by atoms with Crippen LogP contribution in [0.1, 0.15) is 5.82 Å². The largest absolute Gasteiger partial charge is 0.451 e. The predicted octanol–water partition coefficient (Wildman–Crippen LogP) is 2.84. The van der Waals surface area contributed by atoms with Gasteiger partial charge in [-0.25, -0.2) is 14.4 Å². The summed E-state index contributed by atoms with van der Waals surface area (Å²) in [7, 11) is 0. The van der Waals surface area contributed by atoms with Crippen LogP contribution < -0.4 is 0 Å². The molecule has 0 N–H and O–H groups in total. The van der Waals surface area contributed by atoms with Gasteiger partial charge in [-0.1, -0.05) is 11.6 Å². The maximum atomic E-state index is 13.2. The molecule has 0 unspecified atom stereocenters. The minimum Gasteiger partial charge on any atom is -0.261 e. The van der Waals surface area contributed by atoms with Crippen LogP contribution in [-0.4, -0.2) is 15.0 Å². The van der Waals surface area contributed by atoms with Crippen molar-refractivity contribution in [3.8, 4) is 0 Å². The Morgan fingerprint density at radius 2 is 1.81 bits per heavy atom. The summed E-state index contributed by atoms with van der Waals surface area (Å²) in [5.41, 5.74) is -0.498. The predicted molar refractivity (Wildman–Crippen MR) is 47.3 cm³/mol. The molecule has 0 spiro atoms. The molecule has 0 bridgehead atoms. The van der Waals surface area contributed by atoms with Crippen molar-refractivity contribution in [1.29, 1.82) is 0 Å². The fourth-order valence-corrected chi connectivity index (χ4v) is 1.32. The monoisotopic (exact) mass is 251 g/mol. The molecule has 2 aromatic rings. The van der Waals surface area contributed by atoms with Crippen molar-refractivity contribution >= 4 is 22.5 Å². The smallest absolute Gasteiger partial charge is 0.261 e. The van der Waals surface area contributed by atoms with Gasteiger partial charge in [0.1, 0.15) is 10.7 Å². The van der Waals surface area contributed by atoms with E-state index in [1.807, 2.05) is 0 Å². The van der Waals surface area contributed by atoms with Crippen molar-refractivity contribution in [2.24, 2.45) is 0 Å². The summed E-state index contributed by atoms with van der Waals surface area (Å²) < 4.78 is 50.1. The van der Waals surface area contributed by atoms with Gasteiger partial charge in [0.2, 0.25) is 5.82 Å². The van der Waals surface area contributed by atoms with Crippen molar-refractivity contribution in [2.45, 2.75) is 6.18 Å². The van der Waals surface area contributed by atoms with Gasteiger partial charge in [0.05, 0.1) is 11.6 Å². The van der Waals surface area contributed by atoms with Gasteiger partial charge in [-0.3, -0.25) is 4.98 Å². The second-order valence-corrected chi connectivity index (χ2v) is 3.21. The lowest BCUT2D eigenvalue weighted by Crippen LogP contribution is -2.11. The van der Waals surface area contributed by atoms with E-state index in [2.05, 4.69) is 15.0 Å². The fourth-order valence-electron chi connectivity index (χ4n) is 1.10. The zero-order chi connectivity index (χ0) is 11.9. The van der Waals surface area contributed by atoms with Crippen LogP contribution in [0.5, 0.6) is 0 Å². The van der Waals surface area contributed by atoms with Crippen molar-refractivity contribution in [2.75, 3.05) is 0 Å². The second kappa shape index (κ2) is 3.51. The Morgan fingerprint density at radius 1 is 1.12 bits per heavy atom. The van der Waals surface area contributed by atoms with Crippen LogP contribution in [0.2, 0.25) is 5.15 Å². The van der Waals surface area contributed by atoms with Gasteiger partial charge in [-0.15, -0.1) is 0 Å². The summed E-state index contributed by atoms with van der Waals surface area (Å²) in [6.45, 7) is 0. The first-order chi connectivity index (χ1) is 7.39. The Kier molecular flexibility index (Phi) is 2.42. The molecule has 0 saturated carbocycles. The molecule has 0 fully saturated rings. The number of hydrogen-bond donors (Lipinski definition) is 0. The highest BCUT2D eigenvalue weighted by Crippen LogP contribution is 2.30. The molecule has 0 aromatic carbocycles. The Balaban J connectivity index is 2.81. The maximum absolute atomic E-state index is 13.2. The molecule has 0 aliphatic rings. The van der Waals surface area contributed by atoms with E-state index in [0.717, 1.165) is 12.4 Å². The van der Waals surface area contributed by atoms with Crippen LogP contribution in [0.25, 0.3) is 10.9 Å². The average Bonchev–Trinajstić information content (AvgIpc) is 2.18. The number of aromatic nitrogens is 3. The minimum absolute atomic E-state index is 0.0605. The minimum atomic E-state index is -4.77. The van der Waals surface area contributed by atoms with Gasteiger partial charge in [-0.05, 0) is 0 Å². The van der Waals surface area contributed by atoms with Gasteiger partial charge in [0, 0.05) is 6.20 Å². The molecule has 8 heteroatoms. The number of pyridine rings is 1. The van der Waals surface area contributed by atoms with Gasteiger partial charge in [0.25, 0.3) is 0 Å².